The standard InChI is InChI=1S/C12H12ClN3O4S/c1-15-10(16(18)19)6-14-12(15)11(17)7-3-4-9(21(2)20)8(13)5-7/h3-6,11,17H,1-2H3. The molecule has 0 amide bonds. The van der Waals surface area contributed by atoms with Crippen LogP contribution in [0.3, 0.4) is 0 Å². The molecule has 0 aliphatic rings. The minimum absolute atomic E-state index is 0.128. The van der Waals surface area contributed by atoms with Gasteiger partial charge in [0, 0.05) is 0 Å². The molecule has 0 radical (unpaired) electrons. The van der Waals surface area contributed by atoms with Crippen LogP contribution in [0.2, 0.25) is 5.02 Å². The molecule has 0 aliphatic heterocycles. The van der Waals surface area contributed by atoms with Gasteiger partial charge in [0.05, 0.1) is 12.1 Å². The largest absolute Gasteiger partial charge is 0.612 e. The summed E-state index contributed by atoms with van der Waals surface area (Å²) in [5, 5.41) is 21.3. The normalized spacial score (nSPS) is 14.0. The second-order valence-corrected chi connectivity index (χ2v) is 6.09. The number of aliphatic hydroxyl groups is 1. The number of benzene rings is 1. The molecule has 7 nitrogen and oxygen atoms in total. The number of rotatable bonds is 4. The smallest absolute Gasteiger partial charge is 0.342 e. The molecule has 21 heavy (non-hydrogen) atoms. The number of hydrogen-bond acceptors (Lipinski definition) is 5. The zero-order chi connectivity index (χ0) is 15.7. The zero-order valence-corrected chi connectivity index (χ0v) is 12.8. The van der Waals surface area contributed by atoms with Gasteiger partial charge < -0.3 is 19.8 Å². The summed E-state index contributed by atoms with van der Waals surface area (Å²) in [4.78, 5) is 14.5. The first kappa shape index (κ1) is 15.8. The Morgan fingerprint density at radius 2 is 2.19 bits per heavy atom. The Balaban J connectivity index is 2.38. The SMILES string of the molecule is Cn1c([N+](=O)[O-])cnc1C(O)c1ccc([S+](C)[O-])c(Cl)c1. The molecular formula is C12H12ClN3O4S. The first-order chi connectivity index (χ1) is 9.82. The predicted octanol–water partition coefficient (Wildman–Crippen LogP) is 1.80. The van der Waals surface area contributed by atoms with Gasteiger partial charge in [-0.15, -0.1) is 0 Å². The molecule has 2 atom stereocenters. The van der Waals surface area contributed by atoms with Crippen LogP contribution < -0.4 is 0 Å². The molecular weight excluding hydrogens is 318 g/mol. The quantitative estimate of drug-likeness (QED) is 0.523. The third kappa shape index (κ3) is 3.03. The zero-order valence-electron chi connectivity index (χ0n) is 11.2. The number of aliphatic hydroxyl groups excluding tert-OH is 1. The van der Waals surface area contributed by atoms with Gasteiger partial charge in [-0.2, -0.15) is 0 Å². The van der Waals surface area contributed by atoms with E-state index in [1.807, 2.05) is 0 Å². The first-order valence-electron chi connectivity index (χ1n) is 5.80. The van der Waals surface area contributed by atoms with Crippen molar-refractivity contribution >= 4 is 28.6 Å². The molecule has 2 rings (SSSR count). The summed E-state index contributed by atoms with van der Waals surface area (Å²) in [6, 6.07) is 4.59. The van der Waals surface area contributed by atoms with Gasteiger partial charge in [-0.25, -0.2) is 9.55 Å². The number of imidazole rings is 1. The maximum atomic E-state index is 11.4. The molecule has 1 aromatic carbocycles. The van der Waals surface area contributed by atoms with Crippen molar-refractivity contribution in [3.63, 3.8) is 0 Å². The topological polar surface area (TPSA) is 104 Å². The van der Waals surface area contributed by atoms with Gasteiger partial charge in [0.1, 0.15) is 12.5 Å². The van der Waals surface area contributed by atoms with Crippen molar-refractivity contribution in [1.82, 2.24) is 9.55 Å². The Bertz CT molecular complexity index is 689. The fourth-order valence-corrected chi connectivity index (χ4v) is 3.02. The van der Waals surface area contributed by atoms with Crippen molar-refractivity contribution in [3.8, 4) is 0 Å². The fraction of sp³-hybridized carbons (Fsp3) is 0.250. The van der Waals surface area contributed by atoms with Gasteiger partial charge in [-0.05, 0) is 33.8 Å². The first-order valence-corrected chi connectivity index (χ1v) is 7.73. The van der Waals surface area contributed by atoms with E-state index in [2.05, 4.69) is 4.98 Å². The van der Waals surface area contributed by atoms with Crippen LogP contribution in [-0.4, -0.2) is 30.4 Å². The molecule has 112 valence electrons. The Kier molecular flexibility index (Phi) is 4.52. The summed E-state index contributed by atoms with van der Waals surface area (Å²) >= 11 is 4.78. The van der Waals surface area contributed by atoms with Crippen molar-refractivity contribution < 1.29 is 14.6 Å². The van der Waals surface area contributed by atoms with E-state index in [1.165, 1.54) is 23.9 Å². The van der Waals surface area contributed by atoms with E-state index in [1.54, 1.807) is 12.1 Å². The molecule has 0 fully saturated rings. The number of aromatic nitrogens is 2. The molecule has 0 spiro atoms. The van der Waals surface area contributed by atoms with Gasteiger partial charge in [-0.1, -0.05) is 17.7 Å². The van der Waals surface area contributed by atoms with Gasteiger partial charge >= 0.3 is 5.82 Å². The number of nitro groups is 1. The fourth-order valence-electron chi connectivity index (χ4n) is 1.91. The molecule has 2 unspecified atom stereocenters. The van der Waals surface area contributed by atoms with Crippen LogP contribution in [0.1, 0.15) is 17.5 Å². The maximum Gasteiger partial charge on any atom is 0.342 e. The Morgan fingerprint density at radius 3 is 2.67 bits per heavy atom. The van der Waals surface area contributed by atoms with E-state index in [9.17, 15) is 19.8 Å². The van der Waals surface area contributed by atoms with Gasteiger partial charge in [-0.3, -0.25) is 0 Å². The summed E-state index contributed by atoms with van der Waals surface area (Å²) in [6.07, 6.45) is 1.41. The van der Waals surface area contributed by atoms with Crippen LogP contribution in [0.25, 0.3) is 0 Å². The van der Waals surface area contributed by atoms with Crippen LogP contribution in [0, 0.1) is 10.1 Å². The van der Waals surface area contributed by atoms with E-state index in [4.69, 9.17) is 11.6 Å². The molecule has 2 aromatic rings. The van der Waals surface area contributed by atoms with Crippen molar-refractivity contribution in [2.45, 2.75) is 11.0 Å². The van der Waals surface area contributed by atoms with E-state index in [0.29, 0.717) is 10.5 Å². The van der Waals surface area contributed by atoms with Crippen LogP contribution in [-0.2, 0) is 18.2 Å². The van der Waals surface area contributed by atoms with E-state index < -0.39 is 22.2 Å². The lowest BCUT2D eigenvalue weighted by molar-refractivity contribution is -0.391. The highest BCUT2D eigenvalue weighted by Gasteiger charge is 2.25. The summed E-state index contributed by atoms with van der Waals surface area (Å²) < 4.78 is 12.6. The summed E-state index contributed by atoms with van der Waals surface area (Å²) in [5.74, 6) is -0.0930. The Labute approximate surface area is 128 Å². The number of halogens is 1. The predicted molar refractivity (Wildman–Crippen MR) is 77.7 cm³/mol. The van der Waals surface area contributed by atoms with E-state index in [0.717, 1.165) is 6.20 Å². The van der Waals surface area contributed by atoms with E-state index in [-0.39, 0.29) is 16.7 Å². The van der Waals surface area contributed by atoms with Crippen molar-refractivity contribution in [2.75, 3.05) is 6.26 Å². The second-order valence-electron chi connectivity index (χ2n) is 4.34. The van der Waals surface area contributed by atoms with Gasteiger partial charge in [0.15, 0.2) is 11.0 Å². The molecule has 1 aromatic heterocycles. The summed E-state index contributed by atoms with van der Waals surface area (Å²) in [5.41, 5.74) is 0.415. The number of nitrogens with zero attached hydrogens (tertiary/aromatic N) is 3. The summed E-state index contributed by atoms with van der Waals surface area (Å²) in [6.45, 7) is 0. The molecule has 0 bridgehead atoms. The van der Waals surface area contributed by atoms with Crippen LogP contribution in [0.4, 0.5) is 5.82 Å². The molecule has 0 saturated carbocycles. The molecule has 1 N–H and O–H groups in total. The minimum Gasteiger partial charge on any atom is -0.612 e. The lowest BCUT2D eigenvalue weighted by Gasteiger charge is -2.11. The molecule has 0 saturated heterocycles. The van der Waals surface area contributed by atoms with Crippen molar-refractivity contribution in [3.05, 3.63) is 50.9 Å². The summed E-state index contributed by atoms with van der Waals surface area (Å²) in [7, 11) is 1.45. The highest BCUT2D eigenvalue weighted by molar-refractivity contribution is 7.90. The molecule has 1 heterocycles. The van der Waals surface area contributed by atoms with E-state index >= 15 is 0 Å². The third-order valence-electron chi connectivity index (χ3n) is 3.01. The second kappa shape index (κ2) is 6.02. The number of hydrogen-bond donors (Lipinski definition) is 1. The van der Waals surface area contributed by atoms with Gasteiger partial charge in [0.2, 0.25) is 5.82 Å². The average Bonchev–Trinajstić information content (AvgIpc) is 2.79. The molecule has 9 heteroatoms. The van der Waals surface area contributed by atoms with Crippen LogP contribution in [0.15, 0.2) is 29.3 Å². The highest BCUT2D eigenvalue weighted by Crippen LogP contribution is 2.29. The Hall–Kier alpha value is -1.61. The highest BCUT2D eigenvalue weighted by atomic mass is 35.5. The van der Waals surface area contributed by atoms with Crippen molar-refractivity contribution in [1.29, 1.82) is 0 Å². The third-order valence-corrected chi connectivity index (χ3v) is 4.41. The molecule has 0 aliphatic carbocycles. The lowest BCUT2D eigenvalue weighted by atomic mass is 10.1. The Morgan fingerprint density at radius 1 is 1.52 bits per heavy atom. The maximum absolute atomic E-state index is 11.4. The monoisotopic (exact) mass is 329 g/mol. The van der Waals surface area contributed by atoms with Crippen LogP contribution >= 0.6 is 11.6 Å². The lowest BCUT2D eigenvalue weighted by Crippen LogP contribution is -2.09. The van der Waals surface area contributed by atoms with Crippen LogP contribution in [0.5, 0.6) is 0 Å². The van der Waals surface area contributed by atoms with Crippen molar-refractivity contribution in [2.24, 2.45) is 7.05 Å². The van der Waals surface area contributed by atoms with Gasteiger partial charge in [0.25, 0.3) is 0 Å². The average molecular weight is 330 g/mol. The minimum atomic E-state index is -1.24.